The summed E-state index contributed by atoms with van der Waals surface area (Å²) in [6.45, 7) is 5.38. The van der Waals surface area contributed by atoms with Gasteiger partial charge in [-0.1, -0.05) is 12.1 Å². The molecule has 1 fully saturated rings. The number of rotatable bonds is 6. The minimum absolute atomic E-state index is 0.271. The predicted molar refractivity (Wildman–Crippen MR) is 74.8 cm³/mol. The number of hydrogen-bond donors (Lipinski definition) is 2. The number of phenolic OH excluding ortho intramolecular Hbond substituents is 1. The van der Waals surface area contributed by atoms with Crippen LogP contribution >= 0.6 is 0 Å². The van der Waals surface area contributed by atoms with Gasteiger partial charge in [-0.15, -0.1) is 0 Å². The molecule has 0 spiro atoms. The molecule has 2 atom stereocenters. The van der Waals surface area contributed by atoms with E-state index in [1.54, 1.807) is 6.07 Å². The predicted octanol–water partition coefficient (Wildman–Crippen LogP) is 2.53. The summed E-state index contributed by atoms with van der Waals surface area (Å²) in [5.41, 5.74) is 1.14. The van der Waals surface area contributed by atoms with E-state index in [1.165, 1.54) is 12.8 Å². The largest absolute Gasteiger partial charge is 0.508 e. The van der Waals surface area contributed by atoms with E-state index in [2.05, 4.69) is 31.1 Å². The molecule has 1 saturated carbocycles. The van der Waals surface area contributed by atoms with Gasteiger partial charge in [0.05, 0.1) is 0 Å². The van der Waals surface area contributed by atoms with Crippen molar-refractivity contribution in [1.82, 2.24) is 10.2 Å². The lowest BCUT2D eigenvalue weighted by atomic mass is 10.1. The van der Waals surface area contributed by atoms with Gasteiger partial charge in [0.2, 0.25) is 0 Å². The number of benzene rings is 1. The highest BCUT2D eigenvalue weighted by Gasteiger charge is 2.28. The van der Waals surface area contributed by atoms with E-state index in [-0.39, 0.29) is 6.04 Å². The summed E-state index contributed by atoms with van der Waals surface area (Å²) < 4.78 is 0. The summed E-state index contributed by atoms with van der Waals surface area (Å²) in [7, 11) is 2.21. The van der Waals surface area contributed by atoms with Crippen molar-refractivity contribution < 1.29 is 5.11 Å². The highest BCUT2D eigenvalue weighted by Crippen LogP contribution is 2.27. The quantitative estimate of drug-likeness (QED) is 0.812. The van der Waals surface area contributed by atoms with Gasteiger partial charge in [0, 0.05) is 24.7 Å². The number of likely N-dealkylation sites (N-methyl/N-ethyl adjacent to an activating group) is 1. The van der Waals surface area contributed by atoms with E-state index in [0.29, 0.717) is 11.8 Å². The van der Waals surface area contributed by atoms with E-state index in [9.17, 15) is 5.11 Å². The third-order valence-electron chi connectivity index (χ3n) is 3.91. The first-order valence-corrected chi connectivity index (χ1v) is 6.82. The number of nitrogens with one attached hydrogen (secondary N) is 1. The smallest absolute Gasteiger partial charge is 0.115 e. The van der Waals surface area contributed by atoms with Gasteiger partial charge in [-0.25, -0.2) is 0 Å². The van der Waals surface area contributed by atoms with Crippen LogP contribution in [0.15, 0.2) is 24.3 Å². The van der Waals surface area contributed by atoms with Crippen molar-refractivity contribution in [2.75, 3.05) is 13.6 Å². The zero-order valence-electron chi connectivity index (χ0n) is 11.6. The molecule has 1 aliphatic rings. The van der Waals surface area contributed by atoms with Crippen LogP contribution in [-0.4, -0.2) is 35.7 Å². The Morgan fingerprint density at radius 2 is 2.11 bits per heavy atom. The third-order valence-corrected chi connectivity index (χ3v) is 3.91. The molecule has 2 rings (SSSR count). The molecule has 2 unspecified atom stereocenters. The van der Waals surface area contributed by atoms with Crippen LogP contribution in [0.25, 0.3) is 0 Å². The van der Waals surface area contributed by atoms with Crippen molar-refractivity contribution in [3.63, 3.8) is 0 Å². The lowest BCUT2D eigenvalue weighted by Gasteiger charge is -2.26. The Hall–Kier alpha value is -1.06. The first kappa shape index (κ1) is 13.4. The van der Waals surface area contributed by atoms with E-state index < -0.39 is 0 Å². The highest BCUT2D eigenvalue weighted by atomic mass is 16.3. The Balaban J connectivity index is 1.82. The molecule has 0 aromatic heterocycles. The van der Waals surface area contributed by atoms with Crippen LogP contribution in [-0.2, 0) is 0 Å². The van der Waals surface area contributed by atoms with Crippen molar-refractivity contribution in [2.45, 2.75) is 44.8 Å². The molecule has 3 heteroatoms. The second-order valence-electron chi connectivity index (χ2n) is 5.47. The first-order chi connectivity index (χ1) is 8.58. The third kappa shape index (κ3) is 3.47. The Bertz CT molecular complexity index is 390. The molecule has 0 bridgehead atoms. The minimum atomic E-state index is 0.271. The van der Waals surface area contributed by atoms with Crippen LogP contribution < -0.4 is 5.32 Å². The molecule has 18 heavy (non-hydrogen) atoms. The maximum absolute atomic E-state index is 9.47. The molecule has 0 amide bonds. The van der Waals surface area contributed by atoms with Crippen LogP contribution in [0.1, 0.15) is 38.3 Å². The molecule has 0 radical (unpaired) electrons. The highest BCUT2D eigenvalue weighted by molar-refractivity contribution is 5.29. The van der Waals surface area contributed by atoms with Crippen LogP contribution in [0.5, 0.6) is 5.75 Å². The molecule has 1 aliphatic carbocycles. The van der Waals surface area contributed by atoms with Crippen LogP contribution in [0.3, 0.4) is 0 Å². The van der Waals surface area contributed by atoms with Crippen molar-refractivity contribution in [3.05, 3.63) is 29.8 Å². The summed E-state index contributed by atoms with van der Waals surface area (Å²) in [5.74, 6) is 0.337. The lowest BCUT2D eigenvalue weighted by Crippen LogP contribution is -2.39. The van der Waals surface area contributed by atoms with Crippen molar-refractivity contribution in [3.8, 4) is 5.75 Å². The molecule has 0 saturated heterocycles. The molecule has 1 aromatic rings. The molecule has 0 aliphatic heterocycles. The number of hydrogen-bond acceptors (Lipinski definition) is 3. The van der Waals surface area contributed by atoms with Gasteiger partial charge in [-0.05, 0) is 51.4 Å². The Kier molecular flexibility index (Phi) is 4.25. The zero-order valence-corrected chi connectivity index (χ0v) is 11.6. The molecule has 100 valence electrons. The summed E-state index contributed by atoms with van der Waals surface area (Å²) in [5, 5.41) is 13.0. The summed E-state index contributed by atoms with van der Waals surface area (Å²) in [6.07, 6.45) is 2.70. The van der Waals surface area contributed by atoms with Crippen LogP contribution in [0, 0.1) is 0 Å². The van der Waals surface area contributed by atoms with Gasteiger partial charge in [0.25, 0.3) is 0 Å². The van der Waals surface area contributed by atoms with Crippen molar-refractivity contribution in [2.24, 2.45) is 0 Å². The standard InChI is InChI=1S/C15H24N2O/c1-11(17(3)14-7-8-14)10-16-12(2)13-5-4-6-15(18)9-13/h4-6,9,11-12,14,16,18H,7-8,10H2,1-3H3. The fourth-order valence-electron chi connectivity index (χ4n) is 2.25. The topological polar surface area (TPSA) is 35.5 Å². The summed E-state index contributed by atoms with van der Waals surface area (Å²) in [6, 6.07) is 9.10. The van der Waals surface area contributed by atoms with Gasteiger partial charge in [-0.3, -0.25) is 4.90 Å². The number of nitrogens with zero attached hydrogens (tertiary/aromatic N) is 1. The molecule has 1 aromatic carbocycles. The second kappa shape index (κ2) is 5.72. The second-order valence-corrected chi connectivity index (χ2v) is 5.47. The van der Waals surface area contributed by atoms with Crippen LogP contribution in [0.2, 0.25) is 0 Å². The number of aromatic hydroxyl groups is 1. The Labute approximate surface area is 110 Å². The molecule has 0 heterocycles. The number of phenols is 1. The minimum Gasteiger partial charge on any atom is -0.508 e. The van der Waals surface area contributed by atoms with E-state index >= 15 is 0 Å². The fraction of sp³-hybridized carbons (Fsp3) is 0.600. The molecule has 3 nitrogen and oxygen atoms in total. The normalized spacial score (nSPS) is 18.9. The van der Waals surface area contributed by atoms with Gasteiger partial charge in [0.1, 0.15) is 5.75 Å². The lowest BCUT2D eigenvalue weighted by molar-refractivity contribution is 0.237. The van der Waals surface area contributed by atoms with E-state index in [0.717, 1.165) is 18.2 Å². The average Bonchev–Trinajstić information content (AvgIpc) is 3.18. The Morgan fingerprint density at radius 3 is 2.72 bits per heavy atom. The summed E-state index contributed by atoms with van der Waals surface area (Å²) >= 11 is 0. The molecular weight excluding hydrogens is 224 g/mol. The SMILES string of the molecule is CC(NCC(C)N(C)C1CC1)c1cccc(O)c1. The molecule has 2 N–H and O–H groups in total. The van der Waals surface area contributed by atoms with E-state index in [1.807, 2.05) is 18.2 Å². The average molecular weight is 248 g/mol. The van der Waals surface area contributed by atoms with Gasteiger partial charge in [-0.2, -0.15) is 0 Å². The fourth-order valence-corrected chi connectivity index (χ4v) is 2.25. The van der Waals surface area contributed by atoms with Crippen LogP contribution in [0.4, 0.5) is 0 Å². The van der Waals surface area contributed by atoms with Gasteiger partial charge in [0.15, 0.2) is 0 Å². The van der Waals surface area contributed by atoms with Crippen molar-refractivity contribution >= 4 is 0 Å². The summed E-state index contributed by atoms with van der Waals surface area (Å²) in [4.78, 5) is 2.46. The van der Waals surface area contributed by atoms with Gasteiger partial charge >= 0.3 is 0 Å². The molecular formula is C15H24N2O. The van der Waals surface area contributed by atoms with E-state index in [4.69, 9.17) is 0 Å². The maximum Gasteiger partial charge on any atom is 0.115 e. The van der Waals surface area contributed by atoms with Crippen molar-refractivity contribution in [1.29, 1.82) is 0 Å². The first-order valence-electron chi connectivity index (χ1n) is 6.82. The van der Waals surface area contributed by atoms with Gasteiger partial charge < -0.3 is 10.4 Å². The maximum atomic E-state index is 9.47. The zero-order chi connectivity index (χ0) is 13.1. The Morgan fingerprint density at radius 1 is 1.39 bits per heavy atom. The monoisotopic (exact) mass is 248 g/mol.